The van der Waals surface area contributed by atoms with Crippen LogP contribution in [-0.2, 0) is 4.74 Å². The van der Waals surface area contributed by atoms with E-state index >= 15 is 0 Å². The van der Waals surface area contributed by atoms with Crippen LogP contribution in [0.5, 0.6) is 0 Å². The molecule has 0 aromatic rings. The van der Waals surface area contributed by atoms with Crippen molar-refractivity contribution in [3.05, 3.63) is 0 Å². The first kappa shape index (κ1) is 14.0. The highest BCUT2D eigenvalue weighted by Gasteiger charge is 2.34. The van der Waals surface area contributed by atoms with Gasteiger partial charge in [-0.2, -0.15) is 0 Å². The van der Waals surface area contributed by atoms with E-state index in [-0.39, 0.29) is 5.41 Å². The number of hydrogen-bond acceptors (Lipinski definition) is 2. The minimum Gasteiger partial charge on any atom is -0.396 e. The van der Waals surface area contributed by atoms with E-state index in [9.17, 15) is 5.11 Å². The summed E-state index contributed by atoms with van der Waals surface area (Å²) in [6.45, 7) is 6.10. The van der Waals surface area contributed by atoms with Gasteiger partial charge in [0.15, 0.2) is 0 Å². The van der Waals surface area contributed by atoms with E-state index in [0.29, 0.717) is 6.61 Å². The summed E-state index contributed by atoms with van der Waals surface area (Å²) >= 11 is 0. The van der Waals surface area contributed by atoms with Gasteiger partial charge < -0.3 is 9.84 Å². The Morgan fingerprint density at radius 3 is 2.44 bits per heavy atom. The fourth-order valence-electron chi connectivity index (χ4n) is 2.74. The quantitative estimate of drug-likeness (QED) is 0.724. The Hall–Kier alpha value is -0.0800. The molecular weight excluding hydrogens is 200 g/mol. The lowest BCUT2D eigenvalue weighted by atomic mass is 9.70. The Morgan fingerprint density at radius 2 is 1.94 bits per heavy atom. The van der Waals surface area contributed by atoms with Crippen molar-refractivity contribution < 1.29 is 9.84 Å². The Labute approximate surface area is 100 Å². The smallest absolute Gasteiger partial charge is 0.0544 e. The van der Waals surface area contributed by atoms with Gasteiger partial charge in [-0.25, -0.2) is 0 Å². The largest absolute Gasteiger partial charge is 0.396 e. The lowest BCUT2D eigenvalue weighted by molar-refractivity contribution is -0.0220. The lowest BCUT2D eigenvalue weighted by Crippen LogP contribution is -2.35. The second kappa shape index (κ2) is 7.29. The van der Waals surface area contributed by atoms with E-state index < -0.39 is 0 Å². The molecule has 1 fully saturated rings. The average molecular weight is 228 g/mol. The Morgan fingerprint density at radius 1 is 1.25 bits per heavy atom. The zero-order valence-electron chi connectivity index (χ0n) is 11.0. The molecule has 1 saturated carbocycles. The van der Waals surface area contributed by atoms with Gasteiger partial charge >= 0.3 is 0 Å². The molecule has 0 spiro atoms. The van der Waals surface area contributed by atoms with Gasteiger partial charge in [0.05, 0.1) is 13.2 Å². The summed E-state index contributed by atoms with van der Waals surface area (Å²) in [5, 5.41) is 9.55. The van der Waals surface area contributed by atoms with Gasteiger partial charge in [-0.3, -0.25) is 0 Å². The third kappa shape index (κ3) is 4.06. The molecule has 16 heavy (non-hydrogen) atoms. The molecule has 1 N–H and O–H groups in total. The van der Waals surface area contributed by atoms with Gasteiger partial charge in [-0.1, -0.05) is 26.2 Å². The number of unbranched alkanes of at least 4 members (excludes halogenated alkanes) is 1. The molecule has 0 amide bonds. The number of rotatable bonds is 7. The summed E-state index contributed by atoms with van der Waals surface area (Å²) in [5.41, 5.74) is 0.0821. The predicted octanol–water partition coefficient (Wildman–Crippen LogP) is 3.38. The van der Waals surface area contributed by atoms with E-state index in [2.05, 4.69) is 6.92 Å². The van der Waals surface area contributed by atoms with Crippen LogP contribution in [0.2, 0.25) is 0 Å². The molecule has 0 aromatic heterocycles. The molecule has 2 heteroatoms. The lowest BCUT2D eigenvalue weighted by Gasteiger charge is -2.38. The summed E-state index contributed by atoms with van der Waals surface area (Å²) in [4.78, 5) is 0. The van der Waals surface area contributed by atoms with E-state index in [1.165, 1.54) is 32.1 Å². The van der Waals surface area contributed by atoms with E-state index in [1.54, 1.807) is 0 Å². The second-order valence-corrected chi connectivity index (χ2v) is 5.38. The first-order chi connectivity index (χ1) is 7.76. The normalized spacial score (nSPS) is 30.6. The van der Waals surface area contributed by atoms with Crippen molar-refractivity contribution in [1.29, 1.82) is 0 Å². The molecule has 0 atom stereocenters. The summed E-state index contributed by atoms with van der Waals surface area (Å²) in [5.74, 6) is 0.904. The topological polar surface area (TPSA) is 29.5 Å². The van der Waals surface area contributed by atoms with Crippen molar-refractivity contribution in [2.75, 3.05) is 19.8 Å². The summed E-state index contributed by atoms with van der Waals surface area (Å²) < 4.78 is 5.52. The zero-order valence-corrected chi connectivity index (χ0v) is 11.0. The van der Waals surface area contributed by atoms with E-state index in [1.807, 2.05) is 6.92 Å². The molecule has 0 unspecified atom stereocenters. The van der Waals surface area contributed by atoms with Crippen LogP contribution in [0.25, 0.3) is 0 Å². The Bertz CT molecular complexity index is 172. The van der Waals surface area contributed by atoms with Gasteiger partial charge in [0.1, 0.15) is 0 Å². The van der Waals surface area contributed by atoms with Crippen LogP contribution in [-0.4, -0.2) is 24.9 Å². The molecule has 1 aliphatic carbocycles. The first-order valence-corrected chi connectivity index (χ1v) is 6.95. The summed E-state index contributed by atoms with van der Waals surface area (Å²) in [6, 6.07) is 0. The van der Waals surface area contributed by atoms with Crippen molar-refractivity contribution >= 4 is 0 Å². The van der Waals surface area contributed by atoms with Crippen molar-refractivity contribution in [2.45, 2.75) is 58.8 Å². The molecule has 0 aromatic carbocycles. The maximum absolute atomic E-state index is 9.55. The number of ether oxygens (including phenoxy) is 1. The molecule has 1 aliphatic rings. The first-order valence-electron chi connectivity index (χ1n) is 6.95. The van der Waals surface area contributed by atoms with Crippen LogP contribution in [0, 0.1) is 11.3 Å². The fraction of sp³-hybridized carbons (Fsp3) is 1.00. The summed E-state index contributed by atoms with van der Waals surface area (Å²) in [6.07, 6.45) is 8.92. The van der Waals surface area contributed by atoms with Crippen LogP contribution in [0.4, 0.5) is 0 Å². The highest BCUT2D eigenvalue weighted by Crippen LogP contribution is 2.40. The molecule has 0 saturated heterocycles. The maximum Gasteiger partial charge on any atom is 0.0544 e. The number of aliphatic hydroxyl groups is 1. The van der Waals surface area contributed by atoms with Gasteiger partial charge in [0, 0.05) is 12.0 Å². The highest BCUT2D eigenvalue weighted by molar-refractivity contribution is 4.85. The Balaban J connectivity index is 2.31. The molecular formula is C14H28O2. The van der Waals surface area contributed by atoms with Gasteiger partial charge in [0.2, 0.25) is 0 Å². The molecule has 0 heterocycles. The molecule has 2 nitrogen and oxygen atoms in total. The maximum atomic E-state index is 9.55. The minimum atomic E-state index is 0.0821. The number of aliphatic hydroxyl groups excluding tert-OH is 1. The standard InChI is InChI=1S/C14H28O2/c1-3-5-6-13-7-9-14(11-15,10-8-13)12-16-4-2/h13,15H,3-12H2,1-2H3. The van der Waals surface area contributed by atoms with Crippen LogP contribution in [0.15, 0.2) is 0 Å². The third-order valence-electron chi connectivity index (χ3n) is 4.08. The molecule has 1 rings (SSSR count). The van der Waals surface area contributed by atoms with Crippen molar-refractivity contribution in [1.82, 2.24) is 0 Å². The monoisotopic (exact) mass is 228 g/mol. The molecule has 0 aliphatic heterocycles. The van der Waals surface area contributed by atoms with Gasteiger partial charge in [-0.15, -0.1) is 0 Å². The van der Waals surface area contributed by atoms with Crippen molar-refractivity contribution in [3.8, 4) is 0 Å². The van der Waals surface area contributed by atoms with E-state index in [0.717, 1.165) is 32.0 Å². The SMILES string of the molecule is CCCCC1CCC(CO)(COCC)CC1. The average Bonchev–Trinajstić information content (AvgIpc) is 2.35. The third-order valence-corrected chi connectivity index (χ3v) is 4.08. The minimum absolute atomic E-state index is 0.0821. The van der Waals surface area contributed by atoms with Crippen LogP contribution < -0.4 is 0 Å². The second-order valence-electron chi connectivity index (χ2n) is 5.38. The van der Waals surface area contributed by atoms with Crippen molar-refractivity contribution in [2.24, 2.45) is 11.3 Å². The van der Waals surface area contributed by atoms with E-state index in [4.69, 9.17) is 4.74 Å². The zero-order chi connectivity index (χ0) is 11.9. The number of hydrogen-bond donors (Lipinski definition) is 1. The Kier molecular flexibility index (Phi) is 6.37. The fourth-order valence-corrected chi connectivity index (χ4v) is 2.74. The van der Waals surface area contributed by atoms with Crippen LogP contribution >= 0.6 is 0 Å². The highest BCUT2D eigenvalue weighted by atomic mass is 16.5. The van der Waals surface area contributed by atoms with Gasteiger partial charge in [0.25, 0.3) is 0 Å². The molecule has 0 bridgehead atoms. The van der Waals surface area contributed by atoms with Crippen molar-refractivity contribution in [3.63, 3.8) is 0 Å². The molecule has 96 valence electrons. The molecule has 0 radical (unpaired) electrons. The van der Waals surface area contributed by atoms with Crippen LogP contribution in [0.3, 0.4) is 0 Å². The van der Waals surface area contributed by atoms with Crippen LogP contribution in [0.1, 0.15) is 58.8 Å². The van der Waals surface area contributed by atoms with Gasteiger partial charge in [-0.05, 0) is 38.5 Å². The predicted molar refractivity (Wildman–Crippen MR) is 67.5 cm³/mol. The summed E-state index contributed by atoms with van der Waals surface area (Å²) in [7, 11) is 0.